The van der Waals surface area contributed by atoms with Gasteiger partial charge in [0.05, 0.1) is 11.4 Å². The van der Waals surface area contributed by atoms with Gasteiger partial charge in [-0.3, -0.25) is 4.79 Å². The lowest BCUT2D eigenvalue weighted by Gasteiger charge is -2.30. The first-order valence-corrected chi connectivity index (χ1v) is 14.1. The molecule has 4 rings (SSSR count). The number of rotatable bonds is 7. The lowest BCUT2D eigenvalue weighted by Crippen LogP contribution is -2.41. The summed E-state index contributed by atoms with van der Waals surface area (Å²) in [5.41, 5.74) is 2.62. The van der Waals surface area contributed by atoms with Gasteiger partial charge < -0.3 is 5.32 Å². The lowest BCUT2D eigenvalue weighted by molar-refractivity contribution is -0.120. The van der Waals surface area contributed by atoms with Gasteiger partial charge >= 0.3 is 0 Å². The number of amides is 1. The average molecular weight is 488 g/mol. The molecular weight excluding hydrogens is 462 g/mol. The van der Waals surface area contributed by atoms with Crippen molar-refractivity contribution in [2.75, 3.05) is 24.7 Å². The van der Waals surface area contributed by atoms with Crippen LogP contribution in [0.1, 0.15) is 18.4 Å². The Morgan fingerprint density at radius 3 is 2.47 bits per heavy atom. The summed E-state index contributed by atoms with van der Waals surface area (Å²) in [4.78, 5) is 18.5. The average Bonchev–Trinajstić information content (AvgIpc) is 3.28. The molecule has 1 aliphatic rings. The molecule has 0 atom stereocenters. The zero-order chi connectivity index (χ0) is 22.6. The highest BCUT2D eigenvalue weighted by molar-refractivity contribution is 7.98. The van der Waals surface area contributed by atoms with Crippen molar-refractivity contribution in [1.29, 1.82) is 0 Å². The molecule has 1 N–H and O–H groups in total. The summed E-state index contributed by atoms with van der Waals surface area (Å²) >= 11 is 3.09. The number of thioether (sulfide) groups is 1. The smallest absolute Gasteiger partial charge is 0.229 e. The van der Waals surface area contributed by atoms with Crippen LogP contribution in [0, 0.1) is 5.92 Å². The van der Waals surface area contributed by atoms with Crippen LogP contribution in [0.25, 0.3) is 11.3 Å². The molecule has 0 aliphatic carbocycles. The van der Waals surface area contributed by atoms with Crippen LogP contribution in [0.4, 0.5) is 5.13 Å². The molecule has 6 nitrogen and oxygen atoms in total. The van der Waals surface area contributed by atoms with E-state index in [4.69, 9.17) is 0 Å². The number of hydrogen-bond acceptors (Lipinski definition) is 6. The third-order valence-corrected chi connectivity index (χ3v) is 8.88. The number of sulfonamides is 1. The van der Waals surface area contributed by atoms with Crippen molar-refractivity contribution in [3.63, 3.8) is 0 Å². The number of nitrogens with one attached hydrogen (secondary N) is 1. The number of aromatic nitrogens is 1. The molecule has 0 bridgehead atoms. The molecule has 168 valence electrons. The highest BCUT2D eigenvalue weighted by atomic mass is 32.2. The van der Waals surface area contributed by atoms with E-state index in [1.807, 2.05) is 54.1 Å². The SMILES string of the molecule is CSc1ccc(-c2csc(NC(=O)C3CCN(S(=O)(=O)Cc4ccccc4)CC3)n2)cc1. The lowest BCUT2D eigenvalue weighted by atomic mass is 9.97. The van der Waals surface area contributed by atoms with Crippen LogP contribution < -0.4 is 5.32 Å². The molecule has 0 radical (unpaired) electrons. The number of nitrogens with zero attached hydrogens (tertiary/aromatic N) is 2. The summed E-state index contributed by atoms with van der Waals surface area (Å²) in [5.74, 6) is -0.319. The molecule has 0 unspecified atom stereocenters. The standard InChI is InChI=1S/C23H25N3O3S3/c1-30-20-9-7-18(8-10-20)21-15-31-23(24-21)25-22(27)19-11-13-26(14-12-19)32(28,29)16-17-5-3-2-4-6-17/h2-10,15,19H,11-14,16H2,1H3,(H,24,25,27). The van der Waals surface area contributed by atoms with Gasteiger partial charge in [-0.15, -0.1) is 23.1 Å². The Morgan fingerprint density at radius 1 is 1.12 bits per heavy atom. The monoisotopic (exact) mass is 487 g/mol. The van der Waals surface area contributed by atoms with Gasteiger partial charge in [-0.25, -0.2) is 17.7 Å². The van der Waals surface area contributed by atoms with Crippen LogP contribution in [0.15, 0.2) is 64.9 Å². The number of benzene rings is 2. The molecule has 1 aromatic heterocycles. The quantitative estimate of drug-likeness (QED) is 0.488. The highest BCUT2D eigenvalue weighted by Crippen LogP contribution is 2.28. The molecule has 1 fully saturated rings. The fourth-order valence-corrected chi connectivity index (χ4v) is 6.40. The first kappa shape index (κ1) is 23.0. The molecule has 1 saturated heterocycles. The van der Waals surface area contributed by atoms with Crippen molar-refractivity contribution in [2.24, 2.45) is 5.92 Å². The molecule has 9 heteroatoms. The third kappa shape index (κ3) is 5.58. The van der Waals surface area contributed by atoms with E-state index in [0.29, 0.717) is 31.1 Å². The van der Waals surface area contributed by atoms with Crippen molar-refractivity contribution in [1.82, 2.24) is 9.29 Å². The number of carbonyl (C=O) groups excluding carboxylic acids is 1. The fraction of sp³-hybridized carbons (Fsp3) is 0.304. The summed E-state index contributed by atoms with van der Waals surface area (Å²) in [6.07, 6.45) is 3.05. The zero-order valence-corrected chi connectivity index (χ0v) is 20.2. The van der Waals surface area contributed by atoms with Crippen LogP contribution in [-0.2, 0) is 20.6 Å². The molecule has 3 aromatic rings. The summed E-state index contributed by atoms with van der Waals surface area (Å²) < 4.78 is 26.9. The van der Waals surface area contributed by atoms with Gasteiger partial charge in [0.1, 0.15) is 0 Å². The van der Waals surface area contributed by atoms with Gasteiger partial charge in [-0.05, 0) is 36.8 Å². The van der Waals surface area contributed by atoms with Gasteiger partial charge in [0.2, 0.25) is 15.9 Å². The van der Waals surface area contributed by atoms with Crippen molar-refractivity contribution >= 4 is 44.2 Å². The number of carbonyl (C=O) groups is 1. The summed E-state index contributed by atoms with van der Waals surface area (Å²) in [6.45, 7) is 0.719. The van der Waals surface area contributed by atoms with E-state index in [9.17, 15) is 13.2 Å². The zero-order valence-electron chi connectivity index (χ0n) is 17.7. The minimum atomic E-state index is -3.39. The molecule has 2 heterocycles. The van der Waals surface area contributed by atoms with Crippen LogP contribution in [0.3, 0.4) is 0 Å². The van der Waals surface area contributed by atoms with Crippen LogP contribution in [0.2, 0.25) is 0 Å². The predicted octanol–water partition coefficient (Wildman–Crippen LogP) is 4.71. The predicted molar refractivity (Wildman–Crippen MR) is 131 cm³/mol. The van der Waals surface area contributed by atoms with Crippen LogP contribution in [0.5, 0.6) is 0 Å². The van der Waals surface area contributed by atoms with E-state index in [1.165, 1.54) is 20.5 Å². The maximum absolute atomic E-state index is 12.7. The van der Waals surface area contributed by atoms with Crippen LogP contribution >= 0.6 is 23.1 Å². The fourth-order valence-electron chi connectivity index (χ4n) is 3.71. The van der Waals surface area contributed by atoms with Crippen molar-refractivity contribution in [3.05, 3.63) is 65.5 Å². The summed E-state index contributed by atoms with van der Waals surface area (Å²) in [5, 5.41) is 5.41. The maximum Gasteiger partial charge on any atom is 0.229 e. The molecule has 0 spiro atoms. The van der Waals surface area contributed by atoms with E-state index < -0.39 is 10.0 Å². The van der Waals surface area contributed by atoms with E-state index in [1.54, 1.807) is 11.8 Å². The van der Waals surface area contributed by atoms with E-state index in [0.717, 1.165) is 16.8 Å². The first-order valence-electron chi connectivity index (χ1n) is 10.4. The Hall–Kier alpha value is -2.20. The largest absolute Gasteiger partial charge is 0.302 e. The van der Waals surface area contributed by atoms with E-state index >= 15 is 0 Å². The number of anilines is 1. The molecule has 32 heavy (non-hydrogen) atoms. The second-order valence-electron chi connectivity index (χ2n) is 7.67. The van der Waals surface area contributed by atoms with Gasteiger partial charge in [0.25, 0.3) is 0 Å². The Balaban J connectivity index is 1.31. The van der Waals surface area contributed by atoms with Gasteiger partial charge in [-0.1, -0.05) is 42.5 Å². The molecular formula is C23H25N3O3S3. The van der Waals surface area contributed by atoms with Crippen molar-refractivity contribution in [2.45, 2.75) is 23.5 Å². The molecule has 0 saturated carbocycles. The number of hydrogen-bond donors (Lipinski definition) is 1. The Kier molecular flexibility index (Phi) is 7.30. The second-order valence-corrected chi connectivity index (χ2v) is 11.4. The van der Waals surface area contributed by atoms with E-state index in [-0.39, 0.29) is 17.6 Å². The minimum Gasteiger partial charge on any atom is -0.302 e. The molecule has 2 aromatic carbocycles. The minimum absolute atomic E-state index is 0.00941. The topological polar surface area (TPSA) is 79.4 Å². The van der Waals surface area contributed by atoms with E-state index in [2.05, 4.69) is 22.4 Å². The molecule has 1 amide bonds. The summed E-state index contributed by atoms with van der Waals surface area (Å²) in [6, 6.07) is 17.3. The second kappa shape index (κ2) is 10.2. The van der Waals surface area contributed by atoms with Crippen molar-refractivity contribution in [3.8, 4) is 11.3 Å². The number of piperidine rings is 1. The normalized spacial score (nSPS) is 15.5. The Morgan fingerprint density at radius 2 is 1.81 bits per heavy atom. The van der Waals surface area contributed by atoms with Gasteiger partial charge in [0, 0.05) is 34.8 Å². The first-order chi connectivity index (χ1) is 15.4. The van der Waals surface area contributed by atoms with Gasteiger partial charge in [-0.2, -0.15) is 0 Å². The van der Waals surface area contributed by atoms with Crippen molar-refractivity contribution < 1.29 is 13.2 Å². The summed E-state index contributed by atoms with van der Waals surface area (Å²) in [7, 11) is -3.39. The maximum atomic E-state index is 12.7. The van der Waals surface area contributed by atoms with Gasteiger partial charge in [0.15, 0.2) is 5.13 Å². The Labute approximate surface area is 197 Å². The highest BCUT2D eigenvalue weighted by Gasteiger charge is 2.31. The van der Waals surface area contributed by atoms with Crippen LogP contribution in [-0.4, -0.2) is 43.0 Å². The third-order valence-electron chi connectivity index (χ3n) is 5.53. The Bertz CT molecular complexity index is 1150. The molecule has 1 aliphatic heterocycles. The number of thiazole rings is 1.